The zero-order chi connectivity index (χ0) is 18.9. The van der Waals surface area contributed by atoms with Crippen LogP contribution >= 0.6 is 0 Å². The predicted octanol–water partition coefficient (Wildman–Crippen LogP) is 1.63. The maximum atomic E-state index is 13.6. The van der Waals surface area contributed by atoms with Crippen molar-refractivity contribution in [1.29, 1.82) is 0 Å². The Balaban J connectivity index is 1.73. The average molecular weight is 377 g/mol. The number of anilines is 2. The van der Waals surface area contributed by atoms with Gasteiger partial charge in [0.1, 0.15) is 5.82 Å². The van der Waals surface area contributed by atoms with Crippen molar-refractivity contribution in [3.05, 3.63) is 53.8 Å². The van der Waals surface area contributed by atoms with E-state index >= 15 is 0 Å². The number of carbonyl (C=O) groups is 2. The molecule has 1 atom stereocenters. The van der Waals surface area contributed by atoms with Crippen LogP contribution in [0.1, 0.15) is 12.5 Å². The highest BCUT2D eigenvalue weighted by Crippen LogP contribution is 2.25. The molecule has 1 aliphatic heterocycles. The molecule has 3 N–H and O–H groups in total. The first kappa shape index (κ1) is 18.0. The number of amides is 2. The highest BCUT2D eigenvalue weighted by atomic mass is 32.2. The molecule has 0 bridgehead atoms. The van der Waals surface area contributed by atoms with Gasteiger partial charge in [0, 0.05) is 5.69 Å². The number of carbonyl (C=O) groups excluding carboxylic acids is 2. The van der Waals surface area contributed by atoms with E-state index in [1.807, 2.05) is 0 Å². The van der Waals surface area contributed by atoms with E-state index in [4.69, 9.17) is 0 Å². The molecule has 1 unspecified atom stereocenters. The standard InChI is InChI=1S/C17H16FN3O4S/c1-10(17(23)20-15-5-3-2-4-13(15)18)21-26(24,25)12-6-7-14-11(8-12)9-16(22)19-14/h2-8,10,21H,9H2,1H3,(H,19,22)(H,20,23). The van der Waals surface area contributed by atoms with Crippen molar-refractivity contribution in [1.82, 2.24) is 4.72 Å². The maximum absolute atomic E-state index is 13.6. The number of sulfonamides is 1. The van der Waals surface area contributed by atoms with Crippen LogP contribution in [0.15, 0.2) is 47.4 Å². The van der Waals surface area contributed by atoms with Gasteiger partial charge >= 0.3 is 0 Å². The Morgan fingerprint density at radius 3 is 2.69 bits per heavy atom. The molecular formula is C17H16FN3O4S. The van der Waals surface area contributed by atoms with Crippen LogP contribution in [0.2, 0.25) is 0 Å². The van der Waals surface area contributed by atoms with E-state index in [2.05, 4.69) is 15.4 Å². The summed E-state index contributed by atoms with van der Waals surface area (Å²) >= 11 is 0. The minimum Gasteiger partial charge on any atom is -0.326 e. The van der Waals surface area contributed by atoms with Gasteiger partial charge in [0.2, 0.25) is 21.8 Å². The second-order valence-electron chi connectivity index (χ2n) is 5.86. The molecule has 0 saturated heterocycles. The van der Waals surface area contributed by atoms with Crippen molar-refractivity contribution in [3.63, 3.8) is 0 Å². The summed E-state index contributed by atoms with van der Waals surface area (Å²) in [6.07, 6.45) is 0.0992. The van der Waals surface area contributed by atoms with Crippen molar-refractivity contribution in [2.45, 2.75) is 24.3 Å². The van der Waals surface area contributed by atoms with Gasteiger partial charge in [-0.3, -0.25) is 9.59 Å². The van der Waals surface area contributed by atoms with E-state index in [1.165, 1.54) is 43.3 Å². The third-order valence-corrected chi connectivity index (χ3v) is 5.41. The molecule has 0 fully saturated rings. The molecule has 0 spiro atoms. The van der Waals surface area contributed by atoms with Gasteiger partial charge in [-0.05, 0) is 42.8 Å². The van der Waals surface area contributed by atoms with Crippen LogP contribution in [-0.4, -0.2) is 26.3 Å². The van der Waals surface area contributed by atoms with Crippen molar-refractivity contribution >= 4 is 33.2 Å². The summed E-state index contributed by atoms with van der Waals surface area (Å²) in [4.78, 5) is 23.5. The highest BCUT2D eigenvalue weighted by Gasteiger charge is 2.25. The zero-order valence-electron chi connectivity index (χ0n) is 13.7. The Kier molecular flexibility index (Phi) is 4.75. The third kappa shape index (κ3) is 3.73. The number of benzene rings is 2. The van der Waals surface area contributed by atoms with E-state index in [9.17, 15) is 22.4 Å². The van der Waals surface area contributed by atoms with Crippen molar-refractivity contribution < 1.29 is 22.4 Å². The lowest BCUT2D eigenvalue weighted by Gasteiger charge is -2.15. The van der Waals surface area contributed by atoms with Crippen molar-refractivity contribution in [2.24, 2.45) is 0 Å². The van der Waals surface area contributed by atoms with Gasteiger partial charge in [-0.1, -0.05) is 12.1 Å². The molecule has 0 radical (unpaired) electrons. The van der Waals surface area contributed by atoms with Gasteiger partial charge < -0.3 is 10.6 Å². The Hall–Kier alpha value is -2.78. The minimum atomic E-state index is -3.99. The normalized spacial score (nSPS) is 14.5. The van der Waals surface area contributed by atoms with Crippen LogP contribution in [0, 0.1) is 5.82 Å². The van der Waals surface area contributed by atoms with E-state index in [0.29, 0.717) is 11.3 Å². The van der Waals surface area contributed by atoms with Gasteiger partial charge in [-0.15, -0.1) is 0 Å². The number of halogens is 1. The molecular weight excluding hydrogens is 361 g/mol. The topological polar surface area (TPSA) is 104 Å². The van der Waals surface area contributed by atoms with E-state index in [1.54, 1.807) is 6.07 Å². The molecule has 7 nitrogen and oxygen atoms in total. The fourth-order valence-corrected chi connectivity index (χ4v) is 3.78. The lowest BCUT2D eigenvalue weighted by molar-refractivity contribution is -0.117. The molecule has 0 saturated carbocycles. The molecule has 2 amide bonds. The molecule has 1 heterocycles. The predicted molar refractivity (Wildman–Crippen MR) is 93.6 cm³/mol. The molecule has 0 aromatic heterocycles. The second kappa shape index (κ2) is 6.85. The first-order valence-corrected chi connectivity index (χ1v) is 9.25. The van der Waals surface area contributed by atoms with Gasteiger partial charge in [-0.25, -0.2) is 12.8 Å². The number of hydrogen-bond donors (Lipinski definition) is 3. The monoisotopic (exact) mass is 377 g/mol. The second-order valence-corrected chi connectivity index (χ2v) is 7.57. The number of para-hydroxylation sites is 1. The highest BCUT2D eigenvalue weighted by molar-refractivity contribution is 7.89. The van der Waals surface area contributed by atoms with Crippen LogP contribution < -0.4 is 15.4 Å². The van der Waals surface area contributed by atoms with Crippen molar-refractivity contribution in [3.8, 4) is 0 Å². The molecule has 26 heavy (non-hydrogen) atoms. The number of nitrogens with one attached hydrogen (secondary N) is 3. The van der Waals surface area contributed by atoms with Crippen LogP contribution in [0.4, 0.5) is 15.8 Å². The Bertz CT molecular complexity index is 991. The summed E-state index contributed by atoms with van der Waals surface area (Å²) in [5.41, 5.74) is 1.10. The van der Waals surface area contributed by atoms with Gasteiger partial charge in [-0.2, -0.15) is 4.72 Å². The molecule has 2 aromatic carbocycles. The smallest absolute Gasteiger partial charge is 0.242 e. The lowest BCUT2D eigenvalue weighted by Crippen LogP contribution is -2.41. The summed E-state index contributed by atoms with van der Waals surface area (Å²) in [5, 5.41) is 4.95. The fraction of sp³-hybridized carbons (Fsp3) is 0.176. The third-order valence-electron chi connectivity index (χ3n) is 3.87. The molecule has 0 aliphatic carbocycles. The first-order chi connectivity index (χ1) is 12.3. The van der Waals surface area contributed by atoms with E-state index in [0.717, 1.165) is 0 Å². The summed E-state index contributed by atoms with van der Waals surface area (Å²) in [6, 6.07) is 8.68. The lowest BCUT2D eigenvalue weighted by atomic mass is 10.2. The summed E-state index contributed by atoms with van der Waals surface area (Å²) in [6.45, 7) is 1.35. The summed E-state index contributed by atoms with van der Waals surface area (Å²) in [5.74, 6) is -1.52. The largest absolute Gasteiger partial charge is 0.326 e. The van der Waals surface area contributed by atoms with Crippen molar-refractivity contribution in [2.75, 3.05) is 10.6 Å². The summed E-state index contributed by atoms with van der Waals surface area (Å²) < 4.78 is 40.8. The minimum absolute atomic E-state index is 0.0364. The Labute approximate surface area is 149 Å². The quantitative estimate of drug-likeness (QED) is 0.736. The Morgan fingerprint density at radius 1 is 1.23 bits per heavy atom. The van der Waals surface area contributed by atoms with Gasteiger partial charge in [0.15, 0.2) is 0 Å². The van der Waals surface area contributed by atoms with Gasteiger partial charge in [0.05, 0.1) is 23.0 Å². The molecule has 1 aliphatic rings. The molecule has 3 rings (SSSR count). The maximum Gasteiger partial charge on any atom is 0.242 e. The number of fused-ring (bicyclic) bond motifs is 1. The molecule has 136 valence electrons. The SMILES string of the molecule is CC(NS(=O)(=O)c1ccc2c(c1)CC(=O)N2)C(=O)Nc1ccccc1F. The average Bonchev–Trinajstić information content (AvgIpc) is 2.95. The van der Waals surface area contributed by atoms with E-state index in [-0.39, 0.29) is 22.9 Å². The van der Waals surface area contributed by atoms with Gasteiger partial charge in [0.25, 0.3) is 0 Å². The van der Waals surface area contributed by atoms with Crippen LogP contribution in [-0.2, 0) is 26.0 Å². The first-order valence-electron chi connectivity index (χ1n) is 7.77. The van der Waals surface area contributed by atoms with Crippen LogP contribution in [0.3, 0.4) is 0 Å². The fourth-order valence-electron chi connectivity index (χ4n) is 2.53. The molecule has 2 aromatic rings. The summed E-state index contributed by atoms with van der Waals surface area (Å²) in [7, 11) is -3.99. The molecule has 9 heteroatoms. The van der Waals surface area contributed by atoms with E-state index < -0.39 is 27.8 Å². The van der Waals surface area contributed by atoms with Crippen LogP contribution in [0.25, 0.3) is 0 Å². The Morgan fingerprint density at radius 2 is 1.96 bits per heavy atom. The zero-order valence-corrected chi connectivity index (χ0v) is 14.6. The number of hydrogen-bond acceptors (Lipinski definition) is 4. The number of rotatable bonds is 5. The van der Waals surface area contributed by atoms with Crippen LogP contribution in [0.5, 0.6) is 0 Å².